The summed E-state index contributed by atoms with van der Waals surface area (Å²) in [5.41, 5.74) is -0.328. The fraction of sp³-hybridized carbons (Fsp3) is 0.412. The summed E-state index contributed by atoms with van der Waals surface area (Å²) in [6, 6.07) is 4.70. The molecular weight excluding hydrogens is 286 g/mol. The molecule has 2 unspecified atom stereocenters. The standard InChI is InChI=1S/C17H18F2N2O/c1-11-4-2-3-5-16(11)21-17(22)13(10-20)8-12-9-14(18)6-7-15(12)19/h6-9,11,16H,2-5H2,1H3,(H,21,22). The van der Waals surface area contributed by atoms with E-state index in [-0.39, 0.29) is 17.2 Å². The number of nitrogens with one attached hydrogen (secondary N) is 1. The first kappa shape index (κ1) is 16.2. The normalized spacial score (nSPS) is 22.0. The second-order valence-electron chi connectivity index (χ2n) is 5.68. The van der Waals surface area contributed by atoms with Gasteiger partial charge in [0.25, 0.3) is 5.91 Å². The summed E-state index contributed by atoms with van der Waals surface area (Å²) >= 11 is 0. The van der Waals surface area contributed by atoms with Crippen molar-refractivity contribution in [2.45, 2.75) is 38.6 Å². The van der Waals surface area contributed by atoms with Gasteiger partial charge in [0.1, 0.15) is 23.3 Å². The van der Waals surface area contributed by atoms with Gasteiger partial charge in [-0.15, -0.1) is 0 Å². The molecule has 1 fully saturated rings. The molecule has 1 aromatic rings. The second-order valence-corrected chi connectivity index (χ2v) is 5.68. The molecule has 0 aliphatic heterocycles. The topological polar surface area (TPSA) is 52.9 Å². The van der Waals surface area contributed by atoms with Crippen molar-refractivity contribution in [3.63, 3.8) is 0 Å². The molecule has 1 saturated carbocycles. The Kier molecular flexibility index (Phi) is 5.26. The summed E-state index contributed by atoms with van der Waals surface area (Å²) in [4.78, 5) is 12.2. The Morgan fingerprint density at radius 2 is 2.09 bits per heavy atom. The van der Waals surface area contributed by atoms with Crippen molar-refractivity contribution in [3.05, 3.63) is 41.0 Å². The molecule has 1 aliphatic rings. The number of carbonyl (C=O) groups is 1. The van der Waals surface area contributed by atoms with Crippen LogP contribution in [0.2, 0.25) is 0 Å². The number of hydrogen-bond donors (Lipinski definition) is 1. The summed E-state index contributed by atoms with van der Waals surface area (Å²) in [5, 5.41) is 11.9. The Labute approximate surface area is 128 Å². The van der Waals surface area contributed by atoms with Crippen molar-refractivity contribution < 1.29 is 13.6 Å². The van der Waals surface area contributed by atoms with Gasteiger partial charge in [-0.2, -0.15) is 5.26 Å². The number of rotatable bonds is 3. The highest BCUT2D eigenvalue weighted by molar-refractivity contribution is 6.01. The van der Waals surface area contributed by atoms with E-state index in [9.17, 15) is 13.6 Å². The molecule has 1 N–H and O–H groups in total. The molecule has 1 aliphatic carbocycles. The van der Waals surface area contributed by atoms with Crippen LogP contribution in [0.5, 0.6) is 0 Å². The van der Waals surface area contributed by atoms with Gasteiger partial charge < -0.3 is 5.32 Å². The zero-order valence-corrected chi connectivity index (χ0v) is 12.4. The average molecular weight is 304 g/mol. The number of carbonyl (C=O) groups excluding carboxylic acids is 1. The smallest absolute Gasteiger partial charge is 0.262 e. The van der Waals surface area contributed by atoms with Crippen LogP contribution < -0.4 is 5.32 Å². The molecular formula is C17H18F2N2O. The molecule has 1 aromatic carbocycles. The third-order valence-corrected chi connectivity index (χ3v) is 4.05. The zero-order valence-electron chi connectivity index (χ0n) is 12.4. The Morgan fingerprint density at radius 3 is 2.77 bits per heavy atom. The molecule has 2 atom stereocenters. The van der Waals surface area contributed by atoms with Crippen LogP contribution in [-0.4, -0.2) is 11.9 Å². The zero-order chi connectivity index (χ0) is 16.1. The van der Waals surface area contributed by atoms with Crippen LogP contribution in [0.3, 0.4) is 0 Å². The monoisotopic (exact) mass is 304 g/mol. The molecule has 22 heavy (non-hydrogen) atoms. The van der Waals surface area contributed by atoms with Crippen LogP contribution in [-0.2, 0) is 4.79 Å². The maximum atomic E-state index is 13.6. The first-order valence-electron chi connectivity index (χ1n) is 7.39. The Hall–Kier alpha value is -2.22. The number of nitriles is 1. The quantitative estimate of drug-likeness (QED) is 0.685. The molecule has 2 rings (SSSR count). The third-order valence-electron chi connectivity index (χ3n) is 4.05. The van der Waals surface area contributed by atoms with Gasteiger partial charge >= 0.3 is 0 Å². The Morgan fingerprint density at radius 1 is 1.36 bits per heavy atom. The van der Waals surface area contributed by atoms with E-state index in [0.29, 0.717) is 5.92 Å². The molecule has 0 radical (unpaired) electrons. The summed E-state index contributed by atoms with van der Waals surface area (Å²) in [5.74, 6) is -1.48. The van der Waals surface area contributed by atoms with Crippen molar-refractivity contribution in [1.29, 1.82) is 5.26 Å². The minimum absolute atomic E-state index is 0.0235. The van der Waals surface area contributed by atoms with E-state index >= 15 is 0 Å². The fourth-order valence-electron chi connectivity index (χ4n) is 2.71. The van der Waals surface area contributed by atoms with Crippen molar-refractivity contribution in [1.82, 2.24) is 5.32 Å². The summed E-state index contributed by atoms with van der Waals surface area (Å²) in [7, 11) is 0. The van der Waals surface area contributed by atoms with E-state index < -0.39 is 17.5 Å². The molecule has 1 amide bonds. The second kappa shape index (κ2) is 7.17. The number of hydrogen-bond acceptors (Lipinski definition) is 2. The van der Waals surface area contributed by atoms with Crippen LogP contribution in [0.4, 0.5) is 8.78 Å². The highest BCUT2D eigenvalue weighted by Gasteiger charge is 2.24. The van der Waals surface area contributed by atoms with Crippen LogP contribution in [0.25, 0.3) is 6.08 Å². The van der Waals surface area contributed by atoms with Crippen LogP contribution in [0.1, 0.15) is 38.2 Å². The van der Waals surface area contributed by atoms with E-state index in [2.05, 4.69) is 12.2 Å². The Balaban J connectivity index is 2.16. The Bertz CT molecular complexity index is 634. The predicted octanol–water partition coefficient (Wildman–Crippen LogP) is 3.57. The maximum absolute atomic E-state index is 13.6. The van der Waals surface area contributed by atoms with Crippen molar-refractivity contribution in [3.8, 4) is 6.07 Å². The van der Waals surface area contributed by atoms with Gasteiger partial charge in [0, 0.05) is 11.6 Å². The van der Waals surface area contributed by atoms with Crippen LogP contribution in [0, 0.1) is 28.9 Å². The van der Waals surface area contributed by atoms with Gasteiger partial charge in [-0.05, 0) is 43.0 Å². The highest BCUT2D eigenvalue weighted by Crippen LogP contribution is 2.24. The molecule has 116 valence electrons. The van der Waals surface area contributed by atoms with E-state index in [0.717, 1.165) is 50.0 Å². The van der Waals surface area contributed by atoms with E-state index in [1.54, 1.807) is 6.07 Å². The molecule has 0 saturated heterocycles. The first-order valence-corrected chi connectivity index (χ1v) is 7.39. The third kappa shape index (κ3) is 3.91. The minimum Gasteiger partial charge on any atom is -0.348 e. The predicted molar refractivity (Wildman–Crippen MR) is 79.5 cm³/mol. The van der Waals surface area contributed by atoms with Crippen LogP contribution >= 0.6 is 0 Å². The first-order chi connectivity index (χ1) is 10.5. The number of amides is 1. The molecule has 0 spiro atoms. The lowest BCUT2D eigenvalue weighted by molar-refractivity contribution is -0.118. The van der Waals surface area contributed by atoms with Gasteiger partial charge in [-0.3, -0.25) is 4.79 Å². The minimum atomic E-state index is -0.673. The summed E-state index contributed by atoms with van der Waals surface area (Å²) < 4.78 is 26.7. The average Bonchev–Trinajstić information content (AvgIpc) is 2.50. The number of nitrogens with zero attached hydrogens (tertiary/aromatic N) is 1. The molecule has 0 aromatic heterocycles. The maximum Gasteiger partial charge on any atom is 0.262 e. The van der Waals surface area contributed by atoms with Gasteiger partial charge in [-0.25, -0.2) is 8.78 Å². The lowest BCUT2D eigenvalue weighted by Crippen LogP contribution is -2.41. The summed E-state index contributed by atoms with van der Waals surface area (Å²) in [6.07, 6.45) is 5.18. The van der Waals surface area contributed by atoms with Gasteiger partial charge in [0.2, 0.25) is 0 Å². The summed E-state index contributed by atoms with van der Waals surface area (Å²) in [6.45, 7) is 2.06. The van der Waals surface area contributed by atoms with E-state index in [4.69, 9.17) is 5.26 Å². The van der Waals surface area contributed by atoms with Gasteiger partial charge in [0.05, 0.1) is 0 Å². The molecule has 0 bridgehead atoms. The van der Waals surface area contributed by atoms with E-state index in [1.165, 1.54) is 0 Å². The SMILES string of the molecule is CC1CCCCC1NC(=O)C(C#N)=Cc1cc(F)ccc1F. The van der Waals surface area contributed by atoms with Crippen LogP contribution in [0.15, 0.2) is 23.8 Å². The molecule has 0 heterocycles. The lowest BCUT2D eigenvalue weighted by atomic mass is 9.86. The van der Waals surface area contributed by atoms with Gasteiger partial charge in [-0.1, -0.05) is 19.8 Å². The van der Waals surface area contributed by atoms with Crippen molar-refractivity contribution in [2.75, 3.05) is 0 Å². The largest absolute Gasteiger partial charge is 0.348 e. The molecule has 3 nitrogen and oxygen atoms in total. The van der Waals surface area contributed by atoms with E-state index in [1.807, 2.05) is 0 Å². The number of benzene rings is 1. The molecule has 5 heteroatoms. The highest BCUT2D eigenvalue weighted by atomic mass is 19.1. The van der Waals surface area contributed by atoms with Crippen molar-refractivity contribution >= 4 is 12.0 Å². The lowest BCUT2D eigenvalue weighted by Gasteiger charge is -2.29. The van der Waals surface area contributed by atoms with Gasteiger partial charge in [0.15, 0.2) is 0 Å². The van der Waals surface area contributed by atoms with Crippen molar-refractivity contribution in [2.24, 2.45) is 5.92 Å². The fourth-order valence-corrected chi connectivity index (χ4v) is 2.71. The number of halogens is 2.